The molecule has 0 unspecified atom stereocenters. The Morgan fingerprint density at radius 2 is 1.38 bits per heavy atom. The van der Waals surface area contributed by atoms with Crippen molar-refractivity contribution in [3.8, 4) is 27.4 Å². The van der Waals surface area contributed by atoms with Crippen molar-refractivity contribution in [3.05, 3.63) is 144 Å². The number of rotatable bonds is 4. The molecule has 298 valence electrons. The lowest BCUT2D eigenvalue weighted by atomic mass is 9.58. The Kier molecular flexibility index (Phi) is 7.86. The average Bonchev–Trinajstić information content (AvgIpc) is 3.93. The first kappa shape index (κ1) is 37.1. The maximum Gasteiger partial charge on any atom is 0.198 e. The van der Waals surface area contributed by atoms with Crippen molar-refractivity contribution in [2.45, 2.75) is 77.6 Å². The average molecular weight is 826 g/mol. The molecule has 2 aliphatic rings. The van der Waals surface area contributed by atoms with Crippen LogP contribution in [-0.4, -0.2) is 16.8 Å². The first-order valence-corrected chi connectivity index (χ1v) is 23.4. The van der Waals surface area contributed by atoms with E-state index in [0.29, 0.717) is 0 Å². The highest BCUT2D eigenvalue weighted by molar-refractivity contribution is 7.26. The van der Waals surface area contributed by atoms with Gasteiger partial charge in [-0.3, -0.25) is 0 Å². The van der Waals surface area contributed by atoms with Crippen LogP contribution in [-0.2, 0) is 16.2 Å². The van der Waals surface area contributed by atoms with Crippen molar-refractivity contribution in [1.82, 2.24) is 9.55 Å². The summed E-state index contributed by atoms with van der Waals surface area (Å²) in [5.74, 6) is 0. The molecule has 1 aliphatic carbocycles. The molecule has 6 heteroatoms. The van der Waals surface area contributed by atoms with Gasteiger partial charge in [0.15, 0.2) is 7.28 Å². The maximum absolute atomic E-state index is 5.26. The van der Waals surface area contributed by atoms with E-state index in [9.17, 15) is 0 Å². The SMILES string of the molecule is CC(C)(C)c1ccc(Nc2cc3c(cc2-c2ccc4c5cc6sc7ccccc7c6cc5n5c4c2Bc2cc4nc(-c6ccccc6)sc4cc2-5)C(C)(C)CCC3(C)C)cc1. The van der Waals surface area contributed by atoms with Gasteiger partial charge in [-0.25, -0.2) is 4.98 Å². The van der Waals surface area contributed by atoms with Crippen LogP contribution in [0.5, 0.6) is 0 Å². The van der Waals surface area contributed by atoms with Crippen molar-refractivity contribution < 1.29 is 0 Å². The molecule has 10 aromatic rings. The number of hydrogen-bond donors (Lipinski definition) is 1. The standard InChI is InChI=1S/C55H48BN3S2/c1-53(2,3)32-17-19-33(20-18-32)57-43-28-41-40(54(4,5)23-24-55(41,6)7)25-37(43)35-21-22-36-38-27-48-39(34-15-11-12-16-47(34)60-48)26-45(38)59-46-30-49-44(29-42(46)56-50(35)51(36)59)58-52(61-49)31-13-9-8-10-14-31/h8-22,25-30,56-57H,23-24H2,1-7H3. The number of thiazole rings is 1. The van der Waals surface area contributed by atoms with Gasteiger partial charge in [-0.2, -0.15) is 0 Å². The van der Waals surface area contributed by atoms with Crippen LogP contribution >= 0.6 is 22.7 Å². The highest BCUT2D eigenvalue weighted by atomic mass is 32.1. The minimum Gasteiger partial charge on any atom is -0.355 e. The van der Waals surface area contributed by atoms with Crippen LogP contribution in [0.4, 0.5) is 11.4 Å². The summed E-state index contributed by atoms with van der Waals surface area (Å²) in [4.78, 5) is 5.26. The largest absolute Gasteiger partial charge is 0.355 e. The van der Waals surface area contributed by atoms with Crippen molar-refractivity contribution in [2.75, 3.05) is 5.32 Å². The fourth-order valence-corrected chi connectivity index (χ4v) is 12.6. The summed E-state index contributed by atoms with van der Waals surface area (Å²) in [5.41, 5.74) is 18.2. The molecule has 61 heavy (non-hydrogen) atoms. The minimum atomic E-state index is 0.0660. The second kappa shape index (κ2) is 12.9. The molecule has 3 nitrogen and oxygen atoms in total. The van der Waals surface area contributed by atoms with E-state index in [1.807, 2.05) is 11.3 Å². The smallest absolute Gasteiger partial charge is 0.198 e. The molecule has 0 spiro atoms. The van der Waals surface area contributed by atoms with E-state index in [-0.39, 0.29) is 16.2 Å². The number of hydrogen-bond acceptors (Lipinski definition) is 4. The number of nitrogens with one attached hydrogen (secondary N) is 1. The molecule has 0 saturated heterocycles. The van der Waals surface area contributed by atoms with Crippen LogP contribution in [0.15, 0.2) is 127 Å². The van der Waals surface area contributed by atoms with Crippen molar-refractivity contribution >= 4 is 104 Å². The van der Waals surface area contributed by atoms with Crippen LogP contribution in [0.3, 0.4) is 0 Å². The summed E-state index contributed by atoms with van der Waals surface area (Å²) in [7, 11) is 0.829. The van der Waals surface area contributed by atoms with Gasteiger partial charge in [-0.1, -0.05) is 127 Å². The Morgan fingerprint density at radius 3 is 2.15 bits per heavy atom. The zero-order chi connectivity index (χ0) is 41.6. The summed E-state index contributed by atoms with van der Waals surface area (Å²) >= 11 is 3.70. The maximum atomic E-state index is 5.26. The van der Waals surface area contributed by atoms with Gasteiger partial charge < -0.3 is 9.88 Å². The Balaban J connectivity index is 1.14. The molecule has 7 aromatic carbocycles. The molecular weight excluding hydrogens is 778 g/mol. The van der Waals surface area contributed by atoms with Crippen LogP contribution in [0.2, 0.25) is 0 Å². The van der Waals surface area contributed by atoms with Crippen LogP contribution < -0.4 is 16.2 Å². The second-order valence-electron chi connectivity index (χ2n) is 20.0. The van der Waals surface area contributed by atoms with E-state index < -0.39 is 0 Å². The van der Waals surface area contributed by atoms with Gasteiger partial charge in [0.1, 0.15) is 5.01 Å². The predicted octanol–water partition coefficient (Wildman–Crippen LogP) is 14.2. The third-order valence-electron chi connectivity index (χ3n) is 14.1. The lowest BCUT2D eigenvalue weighted by Gasteiger charge is -2.42. The van der Waals surface area contributed by atoms with Crippen molar-refractivity contribution in [3.63, 3.8) is 0 Å². The van der Waals surface area contributed by atoms with Crippen LogP contribution in [0.25, 0.3) is 79.6 Å². The lowest BCUT2D eigenvalue weighted by molar-refractivity contribution is 0.332. The minimum absolute atomic E-state index is 0.0660. The summed E-state index contributed by atoms with van der Waals surface area (Å²) in [6.45, 7) is 16.6. The van der Waals surface area contributed by atoms with E-state index >= 15 is 0 Å². The molecule has 12 rings (SSSR count). The molecule has 1 N–H and O–H groups in total. The first-order chi connectivity index (χ1) is 29.3. The molecule has 0 saturated carbocycles. The zero-order valence-corrected chi connectivity index (χ0v) is 37.6. The Labute approximate surface area is 366 Å². The Hall–Kier alpha value is -5.69. The summed E-state index contributed by atoms with van der Waals surface area (Å²) in [5, 5.41) is 10.4. The van der Waals surface area contributed by atoms with Crippen LogP contribution in [0.1, 0.15) is 78.0 Å². The summed E-state index contributed by atoms with van der Waals surface area (Å²) < 4.78 is 6.51. The number of nitrogens with zero attached hydrogens (tertiary/aromatic N) is 2. The quantitative estimate of drug-likeness (QED) is 0.179. The van der Waals surface area contributed by atoms with E-state index in [2.05, 4.69) is 186 Å². The molecule has 0 atom stereocenters. The highest BCUT2D eigenvalue weighted by Gasteiger charge is 2.38. The second-order valence-corrected chi connectivity index (χ2v) is 22.1. The van der Waals surface area contributed by atoms with E-state index in [1.165, 1.54) is 115 Å². The normalized spacial score (nSPS) is 15.4. The molecular formula is C55H48BN3S2. The van der Waals surface area contributed by atoms with Gasteiger partial charge in [0.25, 0.3) is 0 Å². The summed E-state index contributed by atoms with van der Waals surface area (Å²) in [6, 6.07) is 48.3. The molecule has 0 bridgehead atoms. The number of aromatic nitrogens is 2. The van der Waals surface area contributed by atoms with E-state index in [1.54, 1.807) is 11.3 Å². The molecule has 0 fully saturated rings. The Morgan fingerprint density at radius 1 is 0.639 bits per heavy atom. The molecule has 1 aliphatic heterocycles. The first-order valence-electron chi connectivity index (χ1n) is 21.8. The molecule has 3 aromatic heterocycles. The number of anilines is 2. The monoisotopic (exact) mass is 825 g/mol. The van der Waals surface area contributed by atoms with Crippen molar-refractivity contribution in [2.24, 2.45) is 0 Å². The van der Waals surface area contributed by atoms with Gasteiger partial charge >= 0.3 is 0 Å². The van der Waals surface area contributed by atoms with Crippen LogP contribution in [0, 0.1) is 0 Å². The topological polar surface area (TPSA) is 29.9 Å². The van der Waals surface area contributed by atoms with Gasteiger partial charge in [0.05, 0.1) is 15.7 Å². The molecule has 4 heterocycles. The third kappa shape index (κ3) is 5.71. The predicted molar refractivity (Wildman–Crippen MR) is 268 cm³/mol. The number of thiophene rings is 1. The van der Waals surface area contributed by atoms with Crippen molar-refractivity contribution in [1.29, 1.82) is 0 Å². The molecule has 0 amide bonds. The van der Waals surface area contributed by atoms with Gasteiger partial charge in [-0.05, 0) is 111 Å². The zero-order valence-electron chi connectivity index (χ0n) is 36.0. The lowest BCUT2D eigenvalue weighted by Crippen LogP contribution is -2.37. The summed E-state index contributed by atoms with van der Waals surface area (Å²) in [6.07, 6.45) is 2.34. The molecule has 0 radical (unpaired) electrons. The van der Waals surface area contributed by atoms with E-state index in [4.69, 9.17) is 4.98 Å². The van der Waals surface area contributed by atoms with Gasteiger partial charge in [-0.15, -0.1) is 22.7 Å². The third-order valence-corrected chi connectivity index (χ3v) is 16.3. The number of benzene rings is 7. The van der Waals surface area contributed by atoms with Gasteiger partial charge in [0, 0.05) is 64.7 Å². The van der Waals surface area contributed by atoms with Gasteiger partial charge in [0.2, 0.25) is 0 Å². The fourth-order valence-electron chi connectivity index (χ4n) is 10.5. The Bertz CT molecular complexity index is 3450. The fraction of sp³-hybridized carbons (Fsp3) is 0.218. The number of fused-ring (bicyclic) bond motifs is 10. The van der Waals surface area contributed by atoms with E-state index in [0.717, 1.165) is 23.5 Å². The highest BCUT2D eigenvalue weighted by Crippen LogP contribution is 2.50.